The summed E-state index contributed by atoms with van der Waals surface area (Å²) in [6, 6.07) is 12.9. The van der Waals surface area contributed by atoms with Crippen molar-refractivity contribution in [3.05, 3.63) is 69.7 Å². The van der Waals surface area contributed by atoms with E-state index in [1.54, 1.807) is 17.9 Å². The van der Waals surface area contributed by atoms with Crippen LogP contribution in [0, 0.1) is 13.8 Å². The minimum atomic E-state index is -0.621. The lowest BCUT2D eigenvalue weighted by Gasteiger charge is -2.32. The van der Waals surface area contributed by atoms with Gasteiger partial charge in [0, 0.05) is 17.1 Å². The second-order valence-electron chi connectivity index (χ2n) is 8.70. The summed E-state index contributed by atoms with van der Waals surface area (Å²) >= 11 is 6.33. The van der Waals surface area contributed by atoms with Gasteiger partial charge in [0.05, 0.1) is 6.42 Å². The molecule has 0 aromatic heterocycles. The van der Waals surface area contributed by atoms with E-state index in [2.05, 4.69) is 11.4 Å². The van der Waals surface area contributed by atoms with Crippen molar-refractivity contribution >= 4 is 23.4 Å². The van der Waals surface area contributed by atoms with E-state index in [1.165, 1.54) is 0 Å². The smallest absolute Gasteiger partial charge is 0.242 e. The zero-order valence-corrected chi connectivity index (χ0v) is 18.9. The number of hydrogen-bond acceptors (Lipinski definition) is 2. The Kier molecular flexibility index (Phi) is 7.48. The predicted octanol–water partition coefficient (Wildman–Crippen LogP) is 4.83. The van der Waals surface area contributed by atoms with Crippen molar-refractivity contribution in [2.45, 2.75) is 66.1 Å². The van der Waals surface area contributed by atoms with Gasteiger partial charge in [0.15, 0.2) is 0 Å². The topological polar surface area (TPSA) is 49.4 Å². The van der Waals surface area contributed by atoms with Crippen LogP contribution < -0.4 is 5.32 Å². The summed E-state index contributed by atoms with van der Waals surface area (Å²) in [5, 5.41) is 3.55. The fourth-order valence-electron chi connectivity index (χ4n) is 3.31. The summed E-state index contributed by atoms with van der Waals surface area (Å²) < 4.78 is 0. The van der Waals surface area contributed by atoms with E-state index < -0.39 is 6.04 Å². The molecule has 2 amide bonds. The molecule has 5 heteroatoms. The minimum absolute atomic E-state index is 0.105. The van der Waals surface area contributed by atoms with Crippen LogP contribution in [-0.4, -0.2) is 28.3 Å². The zero-order valence-electron chi connectivity index (χ0n) is 18.2. The van der Waals surface area contributed by atoms with Crippen molar-refractivity contribution in [3.8, 4) is 0 Å². The normalized spacial score (nSPS) is 12.4. The molecule has 29 heavy (non-hydrogen) atoms. The lowest BCUT2D eigenvalue weighted by molar-refractivity contribution is -0.140. The molecule has 0 aliphatic heterocycles. The number of rotatable bonds is 6. The van der Waals surface area contributed by atoms with Gasteiger partial charge >= 0.3 is 0 Å². The summed E-state index contributed by atoms with van der Waals surface area (Å²) in [4.78, 5) is 27.7. The Balaban J connectivity index is 2.30. The quantitative estimate of drug-likeness (QED) is 0.735. The van der Waals surface area contributed by atoms with Gasteiger partial charge in [0.25, 0.3) is 0 Å². The van der Waals surface area contributed by atoms with E-state index in [9.17, 15) is 9.59 Å². The Labute approximate surface area is 179 Å². The first-order chi connectivity index (χ1) is 13.5. The van der Waals surface area contributed by atoms with E-state index in [0.29, 0.717) is 5.02 Å². The van der Waals surface area contributed by atoms with E-state index >= 15 is 0 Å². The van der Waals surface area contributed by atoms with Crippen LogP contribution in [0.5, 0.6) is 0 Å². The highest BCUT2D eigenvalue weighted by atomic mass is 35.5. The molecule has 1 unspecified atom stereocenters. The molecule has 0 bridgehead atoms. The number of hydrogen-bond donors (Lipinski definition) is 1. The van der Waals surface area contributed by atoms with E-state index in [4.69, 9.17) is 11.6 Å². The number of aryl methyl sites for hydroxylation is 2. The van der Waals surface area contributed by atoms with Crippen LogP contribution >= 0.6 is 11.6 Å². The third kappa shape index (κ3) is 6.90. The molecule has 0 saturated heterocycles. The molecular formula is C24H31ClN2O2. The highest BCUT2D eigenvalue weighted by Gasteiger charge is 2.28. The molecule has 1 N–H and O–H groups in total. The largest absolute Gasteiger partial charge is 0.350 e. The lowest BCUT2D eigenvalue weighted by Crippen LogP contribution is -2.52. The Morgan fingerprint density at radius 3 is 2.21 bits per heavy atom. The van der Waals surface area contributed by atoms with E-state index in [1.807, 2.05) is 65.0 Å². The summed E-state index contributed by atoms with van der Waals surface area (Å²) in [6.45, 7) is 11.8. The van der Waals surface area contributed by atoms with Crippen molar-refractivity contribution in [2.75, 3.05) is 0 Å². The minimum Gasteiger partial charge on any atom is -0.350 e. The van der Waals surface area contributed by atoms with Crippen LogP contribution in [-0.2, 0) is 22.6 Å². The maximum atomic E-state index is 13.3. The summed E-state index contributed by atoms with van der Waals surface area (Å²) in [5.41, 5.74) is 3.62. The van der Waals surface area contributed by atoms with Crippen LogP contribution in [0.1, 0.15) is 49.9 Å². The molecule has 156 valence electrons. The standard InChI is InChI=1S/C24H31ClN2O2/c1-16-11-17(2)13-19(12-16)14-22(28)27(15-20-9-7-8-10-21(20)25)18(3)23(29)26-24(4,5)6/h7-13,18H,14-15H2,1-6H3,(H,26,29). The van der Waals surface area contributed by atoms with Gasteiger partial charge in [-0.05, 0) is 58.7 Å². The second kappa shape index (κ2) is 9.45. The Hall–Kier alpha value is -2.33. The fraction of sp³-hybridized carbons (Fsp3) is 0.417. The molecule has 2 aromatic carbocycles. The maximum Gasteiger partial charge on any atom is 0.242 e. The number of amides is 2. The number of carbonyl (C=O) groups excluding carboxylic acids is 2. The third-order valence-electron chi connectivity index (χ3n) is 4.60. The molecular weight excluding hydrogens is 384 g/mol. The Morgan fingerprint density at radius 1 is 1.07 bits per heavy atom. The summed E-state index contributed by atoms with van der Waals surface area (Å²) in [5.74, 6) is -0.287. The molecule has 0 fully saturated rings. The predicted molar refractivity (Wildman–Crippen MR) is 119 cm³/mol. The van der Waals surface area contributed by atoms with Gasteiger partial charge < -0.3 is 10.2 Å². The van der Waals surface area contributed by atoms with Gasteiger partial charge in [0.2, 0.25) is 11.8 Å². The van der Waals surface area contributed by atoms with Crippen molar-refractivity contribution < 1.29 is 9.59 Å². The second-order valence-corrected chi connectivity index (χ2v) is 9.11. The Morgan fingerprint density at radius 2 is 1.66 bits per heavy atom. The third-order valence-corrected chi connectivity index (χ3v) is 4.97. The number of nitrogens with zero attached hydrogens (tertiary/aromatic N) is 1. The molecule has 0 spiro atoms. The molecule has 0 aliphatic rings. The summed E-state index contributed by atoms with van der Waals surface area (Å²) in [6.07, 6.45) is 0.236. The fourth-order valence-corrected chi connectivity index (χ4v) is 3.51. The van der Waals surface area contributed by atoms with Gasteiger partial charge in [-0.25, -0.2) is 0 Å². The van der Waals surface area contributed by atoms with Gasteiger partial charge in [-0.3, -0.25) is 9.59 Å². The highest BCUT2D eigenvalue weighted by Crippen LogP contribution is 2.20. The van der Waals surface area contributed by atoms with Crippen molar-refractivity contribution in [3.63, 3.8) is 0 Å². The van der Waals surface area contributed by atoms with Crippen LogP contribution in [0.2, 0.25) is 5.02 Å². The summed E-state index contributed by atoms with van der Waals surface area (Å²) in [7, 11) is 0. The first-order valence-corrected chi connectivity index (χ1v) is 10.3. The first kappa shape index (κ1) is 23.0. The van der Waals surface area contributed by atoms with Gasteiger partial charge in [-0.2, -0.15) is 0 Å². The van der Waals surface area contributed by atoms with Crippen LogP contribution in [0.4, 0.5) is 0 Å². The average molecular weight is 415 g/mol. The SMILES string of the molecule is Cc1cc(C)cc(CC(=O)N(Cc2ccccc2Cl)C(C)C(=O)NC(C)(C)C)c1. The van der Waals surface area contributed by atoms with Crippen LogP contribution in [0.25, 0.3) is 0 Å². The van der Waals surface area contributed by atoms with E-state index in [0.717, 1.165) is 22.3 Å². The molecule has 0 radical (unpaired) electrons. The van der Waals surface area contributed by atoms with Gasteiger partial charge in [-0.1, -0.05) is 59.1 Å². The number of benzene rings is 2. The lowest BCUT2D eigenvalue weighted by atomic mass is 10.0. The number of nitrogens with one attached hydrogen (secondary N) is 1. The first-order valence-electron chi connectivity index (χ1n) is 9.88. The molecule has 0 saturated carbocycles. The average Bonchev–Trinajstić information content (AvgIpc) is 2.58. The van der Waals surface area contributed by atoms with E-state index in [-0.39, 0.29) is 30.3 Å². The van der Waals surface area contributed by atoms with Crippen molar-refractivity contribution in [2.24, 2.45) is 0 Å². The number of carbonyl (C=O) groups is 2. The molecule has 2 rings (SSSR count). The van der Waals surface area contributed by atoms with Crippen LogP contribution in [0.15, 0.2) is 42.5 Å². The van der Waals surface area contributed by atoms with Crippen LogP contribution in [0.3, 0.4) is 0 Å². The Bertz CT molecular complexity index is 866. The zero-order chi connectivity index (χ0) is 21.8. The highest BCUT2D eigenvalue weighted by molar-refractivity contribution is 6.31. The molecule has 4 nitrogen and oxygen atoms in total. The molecule has 1 atom stereocenters. The molecule has 0 heterocycles. The van der Waals surface area contributed by atoms with Gasteiger partial charge in [-0.15, -0.1) is 0 Å². The monoisotopic (exact) mass is 414 g/mol. The maximum absolute atomic E-state index is 13.3. The molecule has 2 aromatic rings. The van der Waals surface area contributed by atoms with Crippen molar-refractivity contribution in [1.82, 2.24) is 10.2 Å². The van der Waals surface area contributed by atoms with Crippen molar-refractivity contribution in [1.29, 1.82) is 0 Å². The molecule has 0 aliphatic carbocycles. The number of halogens is 1. The van der Waals surface area contributed by atoms with Gasteiger partial charge in [0.1, 0.15) is 6.04 Å².